The summed E-state index contributed by atoms with van der Waals surface area (Å²) in [6.07, 6.45) is 2.41. The number of imide groups is 1. The van der Waals surface area contributed by atoms with Crippen LogP contribution in [-0.2, 0) is 17.8 Å². The Hall–Kier alpha value is -3.03. The summed E-state index contributed by atoms with van der Waals surface area (Å²) in [7, 11) is 0. The average Bonchev–Trinajstić information content (AvgIpc) is 3.36. The smallest absolute Gasteiger partial charge is 0.327 e. The third-order valence-corrected chi connectivity index (χ3v) is 7.95. The van der Waals surface area contributed by atoms with Gasteiger partial charge in [0.15, 0.2) is 0 Å². The monoisotopic (exact) mass is 491 g/mol. The van der Waals surface area contributed by atoms with Crippen LogP contribution in [0.5, 0.6) is 0 Å². The largest absolute Gasteiger partial charge is 0.369 e. The van der Waals surface area contributed by atoms with Gasteiger partial charge in [0.2, 0.25) is 0 Å². The summed E-state index contributed by atoms with van der Waals surface area (Å²) in [5.74, 6) is -0.0393. The molecule has 182 valence electrons. The summed E-state index contributed by atoms with van der Waals surface area (Å²) in [5, 5.41) is 1.93. The van der Waals surface area contributed by atoms with Crippen molar-refractivity contribution in [3.8, 4) is 0 Å². The van der Waals surface area contributed by atoms with Gasteiger partial charge in [0.1, 0.15) is 6.04 Å². The van der Waals surface area contributed by atoms with Gasteiger partial charge in [-0.1, -0.05) is 29.8 Å². The molecule has 0 spiro atoms. The number of fused-ring (bicyclic) bond motifs is 4. The zero-order valence-corrected chi connectivity index (χ0v) is 20.5. The first-order valence-electron chi connectivity index (χ1n) is 12.5. The Bertz CT molecular complexity index is 1250. The summed E-state index contributed by atoms with van der Waals surface area (Å²) in [5.41, 5.74) is 4.53. The van der Waals surface area contributed by atoms with Gasteiger partial charge in [-0.2, -0.15) is 0 Å². The molecule has 0 aliphatic carbocycles. The van der Waals surface area contributed by atoms with Gasteiger partial charge in [0.05, 0.1) is 6.54 Å². The highest BCUT2D eigenvalue weighted by Gasteiger charge is 2.47. The number of para-hydroxylation sites is 1. The Kier molecular flexibility index (Phi) is 5.90. The first kappa shape index (κ1) is 22.4. The zero-order chi connectivity index (χ0) is 23.9. The number of aromatic nitrogens is 1. The number of anilines is 1. The number of H-pyrrole nitrogens is 1. The van der Waals surface area contributed by atoms with Crippen LogP contribution in [0, 0.1) is 0 Å². The van der Waals surface area contributed by atoms with Crippen LogP contribution in [0.25, 0.3) is 10.9 Å². The second-order valence-electron chi connectivity index (χ2n) is 9.76. The molecule has 0 bridgehead atoms. The van der Waals surface area contributed by atoms with Crippen molar-refractivity contribution in [3.05, 3.63) is 64.8 Å². The molecule has 1 atom stereocenters. The lowest BCUT2D eigenvalue weighted by Gasteiger charge is -2.36. The van der Waals surface area contributed by atoms with E-state index in [1.807, 2.05) is 30.3 Å². The molecule has 3 aliphatic heterocycles. The second-order valence-corrected chi connectivity index (χ2v) is 10.2. The molecule has 0 radical (unpaired) electrons. The third-order valence-electron chi connectivity index (χ3n) is 7.70. The number of hydrogen-bond donors (Lipinski definition) is 1. The number of hydrogen-bond acceptors (Lipinski definition) is 4. The van der Waals surface area contributed by atoms with E-state index in [1.165, 1.54) is 16.2 Å². The number of halogens is 1. The van der Waals surface area contributed by atoms with Crippen molar-refractivity contribution in [2.24, 2.45) is 0 Å². The lowest BCUT2D eigenvalue weighted by molar-refractivity contribution is -0.128. The number of carbonyl (C=O) groups is 2. The normalized spacial score (nSPS) is 20.6. The number of amides is 3. The molecule has 1 N–H and O–H groups in total. The van der Waals surface area contributed by atoms with Crippen molar-refractivity contribution in [1.82, 2.24) is 19.7 Å². The van der Waals surface area contributed by atoms with Gasteiger partial charge in [-0.3, -0.25) is 14.6 Å². The van der Waals surface area contributed by atoms with E-state index < -0.39 is 0 Å². The number of benzene rings is 2. The van der Waals surface area contributed by atoms with Gasteiger partial charge in [0.25, 0.3) is 5.91 Å². The van der Waals surface area contributed by atoms with E-state index in [4.69, 9.17) is 11.6 Å². The lowest BCUT2D eigenvalue weighted by Crippen LogP contribution is -2.46. The number of nitrogens with zero attached hydrogens (tertiary/aromatic N) is 4. The van der Waals surface area contributed by atoms with E-state index in [9.17, 15) is 9.59 Å². The highest BCUT2D eigenvalue weighted by molar-refractivity contribution is 6.30. The maximum absolute atomic E-state index is 13.1. The van der Waals surface area contributed by atoms with Gasteiger partial charge in [-0.25, -0.2) is 4.79 Å². The number of nitrogens with one attached hydrogen (secondary N) is 1. The molecule has 2 aromatic carbocycles. The van der Waals surface area contributed by atoms with Crippen LogP contribution in [0.1, 0.15) is 24.1 Å². The Morgan fingerprint density at radius 1 is 0.914 bits per heavy atom. The van der Waals surface area contributed by atoms with E-state index in [0.717, 1.165) is 67.2 Å². The Labute approximate surface area is 210 Å². The fourth-order valence-electron chi connectivity index (χ4n) is 5.75. The second kappa shape index (κ2) is 9.21. The number of unbranched alkanes of at least 4 members (excludes halogenated alkanes) is 1. The van der Waals surface area contributed by atoms with E-state index >= 15 is 0 Å². The summed E-state index contributed by atoms with van der Waals surface area (Å²) in [6.45, 7) is 6.01. The molecular weight excluding hydrogens is 462 g/mol. The summed E-state index contributed by atoms with van der Waals surface area (Å²) in [6, 6.07) is 15.7. The fraction of sp³-hybridized carbons (Fsp3) is 0.407. The highest BCUT2D eigenvalue weighted by Crippen LogP contribution is 2.34. The molecule has 0 saturated carbocycles. The molecule has 1 aromatic heterocycles. The molecule has 3 amide bonds. The first-order chi connectivity index (χ1) is 17.1. The average molecular weight is 492 g/mol. The van der Waals surface area contributed by atoms with Crippen LogP contribution in [0.15, 0.2) is 48.5 Å². The molecule has 2 saturated heterocycles. The van der Waals surface area contributed by atoms with Crippen LogP contribution < -0.4 is 4.90 Å². The zero-order valence-electron chi connectivity index (χ0n) is 19.8. The summed E-state index contributed by atoms with van der Waals surface area (Å²) < 4.78 is 0. The van der Waals surface area contributed by atoms with Crippen LogP contribution in [-0.4, -0.2) is 76.9 Å². The predicted molar refractivity (Wildman–Crippen MR) is 138 cm³/mol. The quantitative estimate of drug-likeness (QED) is 0.416. The summed E-state index contributed by atoms with van der Waals surface area (Å²) >= 11 is 6.01. The van der Waals surface area contributed by atoms with Crippen LogP contribution in [0.2, 0.25) is 5.02 Å². The standard InChI is InChI=1S/C27H30ClN5O2/c28-19-7-9-20(10-8-19)31-15-13-30(14-16-31)11-3-4-12-32-26(34)25-17-22-21-5-1-2-6-23(21)29-24(22)18-33(25)27(32)35/h1-2,5-10,25,29H,3-4,11-18H2. The molecule has 1 unspecified atom stereocenters. The number of carbonyl (C=O) groups excluding carboxylic acids is 2. The maximum atomic E-state index is 13.1. The van der Waals surface area contributed by atoms with Crippen LogP contribution in [0.4, 0.5) is 10.5 Å². The molecule has 6 rings (SSSR count). The molecular formula is C27H30ClN5O2. The molecule has 8 heteroatoms. The molecule has 3 aliphatic rings. The third kappa shape index (κ3) is 4.17. The predicted octanol–water partition coefficient (Wildman–Crippen LogP) is 4.11. The molecule has 4 heterocycles. The first-order valence-corrected chi connectivity index (χ1v) is 12.9. The van der Waals surface area contributed by atoms with Gasteiger partial charge in [-0.05, 0) is 55.3 Å². The SMILES string of the molecule is O=C1C2Cc3c([nH]c4ccccc34)CN2C(=O)N1CCCCN1CCN(c2ccc(Cl)cc2)CC1. The van der Waals surface area contributed by atoms with Gasteiger partial charge in [-0.15, -0.1) is 0 Å². The van der Waals surface area contributed by atoms with E-state index in [1.54, 1.807) is 4.90 Å². The Morgan fingerprint density at radius 3 is 2.46 bits per heavy atom. The highest BCUT2D eigenvalue weighted by atomic mass is 35.5. The van der Waals surface area contributed by atoms with Crippen molar-refractivity contribution < 1.29 is 9.59 Å². The number of urea groups is 1. The minimum Gasteiger partial charge on any atom is -0.369 e. The van der Waals surface area contributed by atoms with Gasteiger partial charge >= 0.3 is 6.03 Å². The molecule has 35 heavy (non-hydrogen) atoms. The Balaban J connectivity index is 0.990. The lowest BCUT2D eigenvalue weighted by atomic mass is 9.97. The molecule has 7 nitrogen and oxygen atoms in total. The fourth-order valence-corrected chi connectivity index (χ4v) is 5.88. The number of aromatic amines is 1. The van der Waals surface area contributed by atoms with Crippen molar-refractivity contribution in [2.45, 2.75) is 31.8 Å². The minimum atomic E-state index is -0.366. The van der Waals surface area contributed by atoms with E-state index in [-0.39, 0.29) is 18.0 Å². The van der Waals surface area contributed by atoms with E-state index in [0.29, 0.717) is 19.5 Å². The van der Waals surface area contributed by atoms with Gasteiger partial charge in [0, 0.05) is 66.5 Å². The molecule has 2 fully saturated rings. The van der Waals surface area contributed by atoms with Crippen molar-refractivity contribution in [1.29, 1.82) is 0 Å². The van der Waals surface area contributed by atoms with Crippen LogP contribution >= 0.6 is 11.6 Å². The van der Waals surface area contributed by atoms with Crippen molar-refractivity contribution in [3.63, 3.8) is 0 Å². The minimum absolute atomic E-state index is 0.0393. The summed E-state index contributed by atoms with van der Waals surface area (Å²) in [4.78, 5) is 37.7. The molecule has 3 aromatic rings. The van der Waals surface area contributed by atoms with Gasteiger partial charge < -0.3 is 14.8 Å². The topological polar surface area (TPSA) is 62.9 Å². The van der Waals surface area contributed by atoms with E-state index in [2.05, 4.69) is 33.0 Å². The van der Waals surface area contributed by atoms with Crippen LogP contribution in [0.3, 0.4) is 0 Å². The Morgan fingerprint density at radius 2 is 1.66 bits per heavy atom. The maximum Gasteiger partial charge on any atom is 0.327 e. The van der Waals surface area contributed by atoms with Crippen molar-refractivity contribution >= 4 is 40.1 Å². The number of piperazine rings is 1. The van der Waals surface area contributed by atoms with Crippen molar-refractivity contribution in [2.75, 3.05) is 44.2 Å². The number of rotatable bonds is 6.